The van der Waals surface area contributed by atoms with Crippen LogP contribution < -0.4 is 10.6 Å². The maximum atomic E-state index is 13.7. The van der Waals surface area contributed by atoms with Gasteiger partial charge in [-0.05, 0) is 32.0 Å². The first-order valence-corrected chi connectivity index (χ1v) is 11.7. The third-order valence-electron chi connectivity index (χ3n) is 6.80. The lowest BCUT2D eigenvalue weighted by Gasteiger charge is -2.46. The van der Waals surface area contributed by atoms with Gasteiger partial charge < -0.3 is 20.3 Å². The number of carbonyl (C=O) groups excluding carboxylic acids is 3. The van der Waals surface area contributed by atoms with Crippen LogP contribution in [0.15, 0.2) is 36.7 Å². The lowest BCUT2D eigenvalue weighted by molar-refractivity contribution is -0.147. The van der Waals surface area contributed by atoms with E-state index in [4.69, 9.17) is 10.5 Å². The predicted octanol–water partition coefficient (Wildman–Crippen LogP) is 2.40. The first-order valence-electron chi connectivity index (χ1n) is 11.7. The SMILES string of the molecule is CC1(C)C(=O)N(c2cccc(-c3cc(C(F)(F)F)c4c(N)ncnn34)c2)CCN1C(=O)CN1CCOC1=O. The van der Waals surface area contributed by atoms with Crippen molar-refractivity contribution in [2.24, 2.45) is 0 Å². The molecule has 2 saturated heterocycles. The summed E-state index contributed by atoms with van der Waals surface area (Å²) >= 11 is 0. The molecule has 0 saturated carbocycles. The van der Waals surface area contributed by atoms with Crippen LogP contribution in [0.1, 0.15) is 19.4 Å². The standard InChI is InChI=1S/C24H24F3N7O4/c1-23(2)21(36)32(6-7-33(23)18(35)12-31-8-9-38-22(31)37)15-5-3-4-14(10-15)17-11-16(24(25,26)27)19-20(28)29-13-30-34(17)19/h3-5,10-11,13H,6-9,12H2,1-2H3,(H2,28,29,30). The van der Waals surface area contributed by atoms with Crippen molar-refractivity contribution >= 4 is 34.9 Å². The number of rotatable bonds is 4. The van der Waals surface area contributed by atoms with Gasteiger partial charge in [-0.25, -0.2) is 14.3 Å². The molecule has 2 fully saturated rings. The van der Waals surface area contributed by atoms with Gasteiger partial charge in [0.25, 0.3) is 5.91 Å². The van der Waals surface area contributed by atoms with Gasteiger partial charge in [0.15, 0.2) is 5.82 Å². The number of cyclic esters (lactones) is 1. The molecule has 4 heterocycles. The normalized spacial score (nSPS) is 17.9. The zero-order valence-electron chi connectivity index (χ0n) is 20.5. The summed E-state index contributed by atoms with van der Waals surface area (Å²) in [5, 5.41) is 3.97. The molecule has 1 aromatic carbocycles. The van der Waals surface area contributed by atoms with Crippen molar-refractivity contribution < 1.29 is 32.3 Å². The van der Waals surface area contributed by atoms with Crippen molar-refractivity contribution in [3.63, 3.8) is 0 Å². The maximum absolute atomic E-state index is 13.7. The molecule has 0 unspecified atom stereocenters. The summed E-state index contributed by atoms with van der Waals surface area (Å²) in [6.45, 7) is 3.88. The highest BCUT2D eigenvalue weighted by Crippen LogP contribution is 2.39. The molecular formula is C24H24F3N7O4. The van der Waals surface area contributed by atoms with Crippen molar-refractivity contribution in [1.82, 2.24) is 24.4 Å². The minimum Gasteiger partial charge on any atom is -0.448 e. The van der Waals surface area contributed by atoms with Crippen LogP contribution in [-0.2, 0) is 20.5 Å². The summed E-state index contributed by atoms with van der Waals surface area (Å²) < 4.78 is 47.2. The number of nitrogens with two attached hydrogens (primary N) is 1. The van der Waals surface area contributed by atoms with Crippen molar-refractivity contribution in [2.75, 3.05) is 43.4 Å². The van der Waals surface area contributed by atoms with Crippen LogP contribution in [0, 0.1) is 0 Å². The Morgan fingerprint density at radius 2 is 1.92 bits per heavy atom. The molecule has 2 aliphatic rings. The number of piperazine rings is 1. The fraction of sp³-hybridized carbons (Fsp3) is 0.375. The van der Waals surface area contributed by atoms with Crippen LogP contribution in [-0.4, -0.2) is 80.6 Å². The molecule has 38 heavy (non-hydrogen) atoms. The average molecular weight is 531 g/mol. The Kier molecular flexibility index (Phi) is 5.92. The minimum atomic E-state index is -4.69. The summed E-state index contributed by atoms with van der Waals surface area (Å²) in [4.78, 5) is 46.1. The first-order chi connectivity index (χ1) is 17.9. The summed E-state index contributed by atoms with van der Waals surface area (Å²) in [6.07, 6.45) is -4.19. The predicted molar refractivity (Wildman–Crippen MR) is 129 cm³/mol. The number of nitrogens with zero attached hydrogens (tertiary/aromatic N) is 6. The fourth-order valence-corrected chi connectivity index (χ4v) is 4.85. The van der Waals surface area contributed by atoms with Crippen LogP contribution in [0.25, 0.3) is 16.8 Å². The molecular weight excluding hydrogens is 507 g/mol. The maximum Gasteiger partial charge on any atom is 0.418 e. The molecule has 0 spiro atoms. The monoisotopic (exact) mass is 531 g/mol. The van der Waals surface area contributed by atoms with E-state index in [0.29, 0.717) is 17.8 Å². The van der Waals surface area contributed by atoms with Crippen LogP contribution in [0.2, 0.25) is 0 Å². The van der Waals surface area contributed by atoms with E-state index < -0.39 is 23.4 Å². The van der Waals surface area contributed by atoms with Gasteiger partial charge in [-0.1, -0.05) is 12.1 Å². The zero-order chi connectivity index (χ0) is 27.4. The van der Waals surface area contributed by atoms with Crippen LogP contribution in [0.5, 0.6) is 0 Å². The summed E-state index contributed by atoms with van der Waals surface area (Å²) in [5.41, 5.74) is 4.14. The van der Waals surface area contributed by atoms with Crippen LogP contribution in [0.3, 0.4) is 0 Å². The van der Waals surface area contributed by atoms with E-state index in [1.807, 2.05) is 0 Å². The van der Waals surface area contributed by atoms with E-state index in [0.717, 1.165) is 16.9 Å². The van der Waals surface area contributed by atoms with Crippen LogP contribution >= 0.6 is 0 Å². The fourth-order valence-electron chi connectivity index (χ4n) is 4.85. The van der Waals surface area contributed by atoms with Crippen molar-refractivity contribution in [2.45, 2.75) is 25.6 Å². The number of amides is 3. The molecule has 0 bridgehead atoms. The molecule has 0 aliphatic carbocycles. The summed E-state index contributed by atoms with van der Waals surface area (Å²) in [7, 11) is 0. The number of alkyl halides is 3. The molecule has 5 rings (SSSR count). The van der Waals surface area contributed by atoms with Gasteiger partial charge in [0.1, 0.15) is 30.5 Å². The number of hydrogen-bond donors (Lipinski definition) is 1. The van der Waals surface area contributed by atoms with E-state index in [1.165, 1.54) is 14.7 Å². The third-order valence-corrected chi connectivity index (χ3v) is 6.80. The summed E-state index contributed by atoms with van der Waals surface area (Å²) in [6, 6.07) is 7.43. The number of ether oxygens (including phenoxy) is 1. The second-order valence-corrected chi connectivity index (χ2v) is 9.49. The molecule has 11 nitrogen and oxygen atoms in total. The minimum absolute atomic E-state index is 0.126. The van der Waals surface area contributed by atoms with E-state index in [9.17, 15) is 27.6 Å². The van der Waals surface area contributed by atoms with Crippen molar-refractivity contribution in [3.05, 3.63) is 42.2 Å². The van der Waals surface area contributed by atoms with Crippen molar-refractivity contribution in [3.8, 4) is 11.3 Å². The van der Waals surface area contributed by atoms with Gasteiger partial charge in [-0.2, -0.15) is 18.3 Å². The van der Waals surface area contributed by atoms with Gasteiger partial charge in [0.05, 0.1) is 17.8 Å². The molecule has 3 amide bonds. The Hall–Kier alpha value is -4.36. The molecule has 2 aromatic heterocycles. The van der Waals surface area contributed by atoms with Crippen molar-refractivity contribution in [1.29, 1.82) is 0 Å². The smallest absolute Gasteiger partial charge is 0.418 e. The first kappa shape index (κ1) is 25.3. The third kappa shape index (κ3) is 4.15. The lowest BCUT2D eigenvalue weighted by Crippen LogP contribution is -2.65. The lowest BCUT2D eigenvalue weighted by atomic mass is 9.96. The van der Waals surface area contributed by atoms with Gasteiger partial charge >= 0.3 is 12.3 Å². The second-order valence-electron chi connectivity index (χ2n) is 9.49. The van der Waals surface area contributed by atoms with E-state index in [1.54, 1.807) is 38.1 Å². The van der Waals surface area contributed by atoms with Gasteiger partial charge in [0.2, 0.25) is 5.91 Å². The number of carbonyl (C=O) groups is 3. The summed E-state index contributed by atoms with van der Waals surface area (Å²) in [5.74, 6) is -1.07. The Morgan fingerprint density at radius 1 is 1.16 bits per heavy atom. The van der Waals surface area contributed by atoms with E-state index >= 15 is 0 Å². The highest BCUT2D eigenvalue weighted by molar-refractivity contribution is 6.03. The van der Waals surface area contributed by atoms with Gasteiger partial charge in [-0.3, -0.25) is 14.5 Å². The van der Waals surface area contributed by atoms with E-state index in [2.05, 4.69) is 10.1 Å². The van der Waals surface area contributed by atoms with Crippen LogP contribution in [0.4, 0.5) is 29.5 Å². The Bertz CT molecular complexity index is 1450. The highest BCUT2D eigenvalue weighted by atomic mass is 19.4. The topological polar surface area (TPSA) is 126 Å². The Balaban J connectivity index is 1.45. The van der Waals surface area contributed by atoms with Gasteiger partial charge in [0, 0.05) is 24.3 Å². The number of anilines is 2. The number of benzene rings is 1. The highest BCUT2D eigenvalue weighted by Gasteiger charge is 2.45. The number of fused-ring (bicyclic) bond motifs is 1. The number of hydrogen-bond acceptors (Lipinski definition) is 7. The number of nitrogen functional groups attached to an aromatic ring is 1. The second kappa shape index (κ2) is 8.89. The largest absolute Gasteiger partial charge is 0.448 e. The van der Waals surface area contributed by atoms with Gasteiger partial charge in [-0.15, -0.1) is 0 Å². The number of halogens is 3. The Morgan fingerprint density at radius 3 is 2.61 bits per heavy atom. The molecule has 2 aliphatic heterocycles. The quantitative estimate of drug-likeness (QED) is 0.548. The molecule has 0 atom stereocenters. The molecule has 2 N–H and O–H groups in total. The Labute approximate surface area is 214 Å². The average Bonchev–Trinajstić information content (AvgIpc) is 3.45. The zero-order valence-corrected chi connectivity index (χ0v) is 20.5. The molecule has 200 valence electrons. The molecule has 0 radical (unpaired) electrons. The molecule has 3 aromatic rings. The number of aromatic nitrogens is 3. The van der Waals surface area contributed by atoms with E-state index in [-0.39, 0.29) is 55.1 Å². The molecule has 14 heteroatoms.